The zero-order valence-corrected chi connectivity index (χ0v) is 15.6. The number of fused-ring (bicyclic) bond motifs is 8. The molecule has 0 aromatic carbocycles. The van der Waals surface area contributed by atoms with Gasteiger partial charge in [0.2, 0.25) is 0 Å². The molecule has 2 N–H and O–H groups in total. The Morgan fingerprint density at radius 2 is 1.58 bits per heavy atom. The molecule has 0 aromatic heterocycles. The summed E-state index contributed by atoms with van der Waals surface area (Å²) in [6, 6.07) is 0.647. The Morgan fingerprint density at radius 3 is 2.46 bits per heavy atom. The van der Waals surface area contributed by atoms with Gasteiger partial charge < -0.3 is 29.0 Å². The number of likely N-dealkylation sites (tertiary alicyclic amines) is 1. The maximum Gasteiger partial charge on any atom is 0.147 e. The molecule has 3 aliphatic carbocycles. The van der Waals surface area contributed by atoms with Gasteiger partial charge in [0, 0.05) is 30.1 Å². The van der Waals surface area contributed by atoms with Gasteiger partial charge in [-0.15, -0.1) is 0 Å². The average Bonchev–Trinajstić information content (AvgIpc) is 3.27. The molecule has 6 nitrogen and oxygen atoms in total. The van der Waals surface area contributed by atoms with Crippen molar-refractivity contribution in [2.24, 2.45) is 29.6 Å². The summed E-state index contributed by atoms with van der Waals surface area (Å²) in [7, 11) is 2.38. The predicted molar refractivity (Wildman–Crippen MR) is 91.3 cm³/mol. The Hall–Kier alpha value is -0.240. The fourth-order valence-electron chi connectivity index (χ4n) is 7.91. The molecule has 6 rings (SSSR count). The number of ether oxygens (including phenoxy) is 4. The minimum absolute atomic E-state index is 0.103. The van der Waals surface area contributed by atoms with Crippen LogP contribution in [0.25, 0.3) is 0 Å². The Bertz CT molecular complexity index is 560. The van der Waals surface area contributed by atoms with E-state index in [9.17, 15) is 5.11 Å². The van der Waals surface area contributed by atoms with E-state index >= 15 is 0 Å². The molecule has 3 saturated carbocycles. The zero-order valence-electron chi connectivity index (χ0n) is 15.6. The quantitative estimate of drug-likeness (QED) is 0.622. The van der Waals surface area contributed by atoms with Gasteiger partial charge in [-0.25, -0.2) is 0 Å². The van der Waals surface area contributed by atoms with E-state index in [2.05, 4.69) is 7.05 Å². The average molecular weight is 366 g/mol. The third-order valence-corrected chi connectivity index (χ3v) is 8.78. The van der Waals surface area contributed by atoms with Crippen LogP contribution in [-0.4, -0.2) is 68.8 Å². The second-order valence-corrected chi connectivity index (χ2v) is 9.74. The molecule has 0 aromatic rings. The van der Waals surface area contributed by atoms with Crippen LogP contribution in [0.15, 0.2) is 0 Å². The standard InChI is InChI=1S/C20H31NO5/c1-21-7-13-18(14(22)6-17-20(13)26-9-25-17)11-3-2-10-4-15-16(24-8-23-15)5-12(10)19(11)21/h10-20,22H,2-9H2,1H3/p+1. The van der Waals surface area contributed by atoms with Crippen LogP contribution in [0.2, 0.25) is 0 Å². The highest BCUT2D eigenvalue weighted by molar-refractivity contribution is 5.05. The molecular formula is C20H32NO5+. The fourth-order valence-corrected chi connectivity index (χ4v) is 7.91. The van der Waals surface area contributed by atoms with Gasteiger partial charge in [-0.1, -0.05) is 0 Å². The third-order valence-electron chi connectivity index (χ3n) is 8.78. The van der Waals surface area contributed by atoms with Crippen molar-refractivity contribution in [2.75, 3.05) is 27.2 Å². The van der Waals surface area contributed by atoms with E-state index in [0.29, 0.717) is 55.5 Å². The molecule has 146 valence electrons. The van der Waals surface area contributed by atoms with Crippen molar-refractivity contribution < 1.29 is 29.0 Å². The molecular weight excluding hydrogens is 334 g/mol. The molecule has 12 atom stereocenters. The maximum atomic E-state index is 11.0. The van der Waals surface area contributed by atoms with E-state index in [-0.39, 0.29) is 18.3 Å². The Labute approximate surface area is 155 Å². The highest BCUT2D eigenvalue weighted by Gasteiger charge is 2.61. The minimum Gasteiger partial charge on any atom is -0.393 e. The van der Waals surface area contributed by atoms with Gasteiger partial charge in [0.1, 0.15) is 13.6 Å². The van der Waals surface area contributed by atoms with Gasteiger partial charge in [0.05, 0.1) is 50.2 Å². The summed E-state index contributed by atoms with van der Waals surface area (Å²) in [4.78, 5) is 1.65. The first kappa shape index (κ1) is 16.7. The summed E-state index contributed by atoms with van der Waals surface area (Å²) in [6.07, 6.45) is 6.29. The SMILES string of the molecule is C[NH+]1CC2C3OCOC3CC(O)C2C2CCC3CC4OCOC4CC3C21. The van der Waals surface area contributed by atoms with E-state index in [4.69, 9.17) is 18.9 Å². The molecule has 6 heteroatoms. The van der Waals surface area contributed by atoms with Crippen molar-refractivity contribution in [2.45, 2.75) is 68.7 Å². The lowest BCUT2D eigenvalue weighted by atomic mass is 9.54. The fraction of sp³-hybridized carbons (Fsp3) is 1.00. The van der Waals surface area contributed by atoms with Crippen molar-refractivity contribution in [3.05, 3.63) is 0 Å². The number of aliphatic hydroxyl groups is 1. The number of hydrogen-bond donors (Lipinski definition) is 2. The summed E-state index contributed by atoms with van der Waals surface area (Å²) >= 11 is 0. The van der Waals surface area contributed by atoms with Crippen molar-refractivity contribution in [1.82, 2.24) is 0 Å². The van der Waals surface area contributed by atoms with Crippen LogP contribution >= 0.6 is 0 Å². The van der Waals surface area contributed by atoms with Crippen LogP contribution in [0.3, 0.4) is 0 Å². The lowest BCUT2D eigenvalue weighted by molar-refractivity contribution is -0.929. The number of nitrogens with one attached hydrogen (secondary N) is 1. The third kappa shape index (κ3) is 2.32. The molecule has 0 radical (unpaired) electrons. The van der Waals surface area contributed by atoms with Crippen molar-refractivity contribution in [3.8, 4) is 0 Å². The largest absolute Gasteiger partial charge is 0.393 e. The van der Waals surface area contributed by atoms with E-state index in [1.165, 1.54) is 19.3 Å². The summed E-state index contributed by atoms with van der Waals surface area (Å²) < 4.78 is 23.4. The molecule has 6 aliphatic rings. The lowest BCUT2D eigenvalue weighted by Crippen LogP contribution is -3.18. The Balaban J connectivity index is 1.29. The van der Waals surface area contributed by atoms with Crippen LogP contribution in [0.5, 0.6) is 0 Å². The van der Waals surface area contributed by atoms with Crippen LogP contribution in [0.4, 0.5) is 0 Å². The first-order chi connectivity index (χ1) is 12.7. The summed E-state index contributed by atoms with van der Waals surface area (Å²) in [5, 5.41) is 11.0. The highest BCUT2D eigenvalue weighted by Crippen LogP contribution is 2.52. The predicted octanol–water partition coefficient (Wildman–Crippen LogP) is -0.200. The van der Waals surface area contributed by atoms with Gasteiger partial charge >= 0.3 is 0 Å². The summed E-state index contributed by atoms with van der Waals surface area (Å²) in [5.74, 6) is 2.90. The number of quaternary nitrogens is 1. The Morgan fingerprint density at radius 1 is 0.808 bits per heavy atom. The maximum absolute atomic E-state index is 11.0. The molecule has 3 aliphatic heterocycles. The molecule has 3 heterocycles. The van der Waals surface area contributed by atoms with E-state index in [1.807, 2.05) is 0 Å². The molecule has 3 saturated heterocycles. The lowest BCUT2D eigenvalue weighted by Gasteiger charge is -2.57. The molecule has 0 bridgehead atoms. The van der Waals surface area contributed by atoms with Crippen LogP contribution in [0.1, 0.15) is 32.1 Å². The van der Waals surface area contributed by atoms with Crippen molar-refractivity contribution in [1.29, 1.82) is 0 Å². The van der Waals surface area contributed by atoms with Crippen LogP contribution < -0.4 is 4.90 Å². The molecule has 6 fully saturated rings. The van der Waals surface area contributed by atoms with Crippen LogP contribution in [-0.2, 0) is 18.9 Å². The smallest absolute Gasteiger partial charge is 0.147 e. The first-order valence-electron chi connectivity index (χ1n) is 10.7. The topological polar surface area (TPSA) is 61.6 Å². The number of hydrogen-bond acceptors (Lipinski definition) is 5. The zero-order chi connectivity index (χ0) is 17.4. The van der Waals surface area contributed by atoms with Gasteiger partial charge in [0.15, 0.2) is 0 Å². The monoisotopic (exact) mass is 366 g/mol. The second-order valence-electron chi connectivity index (χ2n) is 9.74. The van der Waals surface area contributed by atoms with Crippen molar-refractivity contribution in [3.63, 3.8) is 0 Å². The molecule has 0 amide bonds. The molecule has 0 spiro atoms. The molecule has 26 heavy (non-hydrogen) atoms. The second kappa shape index (κ2) is 6.13. The summed E-state index contributed by atoms with van der Waals surface area (Å²) in [5.41, 5.74) is 0. The summed E-state index contributed by atoms with van der Waals surface area (Å²) in [6.45, 7) is 1.99. The van der Waals surface area contributed by atoms with Crippen molar-refractivity contribution >= 4 is 0 Å². The number of rotatable bonds is 0. The normalized spacial score (nSPS) is 61.2. The molecule has 12 unspecified atom stereocenters. The van der Waals surface area contributed by atoms with E-state index in [1.54, 1.807) is 4.90 Å². The van der Waals surface area contributed by atoms with Crippen LogP contribution in [0, 0.1) is 29.6 Å². The van der Waals surface area contributed by atoms with Gasteiger partial charge in [0.25, 0.3) is 0 Å². The highest BCUT2D eigenvalue weighted by atomic mass is 16.7. The number of aliphatic hydroxyl groups excluding tert-OH is 1. The van der Waals surface area contributed by atoms with Gasteiger partial charge in [-0.05, 0) is 31.6 Å². The van der Waals surface area contributed by atoms with E-state index < -0.39 is 0 Å². The Kier molecular flexibility index (Phi) is 3.93. The number of piperidine rings is 1. The van der Waals surface area contributed by atoms with Gasteiger partial charge in [-0.3, -0.25) is 0 Å². The van der Waals surface area contributed by atoms with E-state index in [0.717, 1.165) is 25.3 Å². The van der Waals surface area contributed by atoms with Gasteiger partial charge in [-0.2, -0.15) is 0 Å². The first-order valence-corrected chi connectivity index (χ1v) is 10.7. The minimum atomic E-state index is -0.234.